The molecule has 0 aliphatic heterocycles. The number of alkyl halides is 3. The van der Waals surface area contributed by atoms with Gasteiger partial charge in [0.25, 0.3) is 0 Å². The van der Waals surface area contributed by atoms with Crippen molar-refractivity contribution in [3.63, 3.8) is 0 Å². The Bertz CT molecular complexity index is 482. The molecule has 0 radical (unpaired) electrons. The van der Waals surface area contributed by atoms with Crippen molar-refractivity contribution in [3.05, 3.63) is 0 Å². The van der Waals surface area contributed by atoms with Crippen LogP contribution in [0.5, 0.6) is 0 Å². The van der Waals surface area contributed by atoms with Crippen molar-refractivity contribution < 1.29 is 21.6 Å². The van der Waals surface area contributed by atoms with Crippen LogP contribution in [0.3, 0.4) is 0 Å². The lowest BCUT2D eigenvalue weighted by Gasteiger charge is -2.32. The number of hydrogen-bond acceptors (Lipinski definition) is 2. The highest BCUT2D eigenvalue weighted by atomic mass is 35.8. The van der Waals surface area contributed by atoms with Crippen LogP contribution in [0.1, 0.15) is 19.3 Å². The molecule has 0 aromatic heterocycles. The van der Waals surface area contributed by atoms with Gasteiger partial charge in [-0.15, -0.1) is 33.2 Å². The molecule has 2 rings (SSSR count). The van der Waals surface area contributed by atoms with E-state index in [1.807, 2.05) is 0 Å². The molecule has 2 aliphatic rings. The molecular formula is C9H13Cl3F3NO2SSi. The number of nitrogens with one attached hydrogen (secondary N) is 1. The maximum atomic E-state index is 12.3. The van der Waals surface area contributed by atoms with Crippen molar-refractivity contribution in [2.45, 2.75) is 30.3 Å². The maximum Gasteiger partial charge on any atom is 0.511 e. The number of halogens is 6. The molecule has 2 aliphatic carbocycles. The SMILES string of the molecule is O=S(=O)(NCC1CC2CC1C([Si](Cl)(Cl)Cl)C2)C(F)(F)F. The fourth-order valence-electron chi connectivity index (χ4n) is 3.41. The highest BCUT2D eigenvalue weighted by molar-refractivity contribution is 7.90. The van der Waals surface area contributed by atoms with Crippen molar-refractivity contribution in [1.29, 1.82) is 0 Å². The Morgan fingerprint density at radius 3 is 2.20 bits per heavy atom. The van der Waals surface area contributed by atoms with E-state index in [1.54, 1.807) is 4.72 Å². The molecule has 0 heterocycles. The molecule has 2 bridgehead atoms. The third kappa shape index (κ3) is 3.40. The van der Waals surface area contributed by atoms with Gasteiger partial charge in [-0.1, -0.05) is 0 Å². The molecule has 4 unspecified atom stereocenters. The zero-order chi connectivity index (χ0) is 15.3. The summed E-state index contributed by atoms with van der Waals surface area (Å²) in [5.74, 6) is 0.155. The largest absolute Gasteiger partial charge is 0.511 e. The first-order valence-corrected chi connectivity index (χ1v) is 12.6. The van der Waals surface area contributed by atoms with Crippen molar-refractivity contribution in [3.8, 4) is 0 Å². The second-order valence-electron chi connectivity index (χ2n) is 5.44. The fraction of sp³-hybridized carbons (Fsp3) is 1.00. The Hall–Kier alpha value is 0.787. The van der Waals surface area contributed by atoms with Gasteiger partial charge in [-0.3, -0.25) is 0 Å². The van der Waals surface area contributed by atoms with Crippen LogP contribution in [-0.2, 0) is 10.0 Å². The molecule has 0 amide bonds. The van der Waals surface area contributed by atoms with Crippen molar-refractivity contribution >= 4 is 49.3 Å². The highest BCUT2D eigenvalue weighted by Crippen LogP contribution is 2.60. The Kier molecular flexibility index (Phi) is 4.67. The fourth-order valence-corrected chi connectivity index (χ4v) is 7.76. The van der Waals surface area contributed by atoms with E-state index >= 15 is 0 Å². The molecule has 0 aromatic rings. The zero-order valence-electron chi connectivity index (χ0n) is 10.1. The number of rotatable bonds is 4. The summed E-state index contributed by atoms with van der Waals surface area (Å²) in [5, 5.41) is 0. The van der Waals surface area contributed by atoms with Gasteiger partial charge in [0.15, 0.2) is 0 Å². The number of sulfonamides is 1. The summed E-state index contributed by atoms with van der Waals surface area (Å²) in [5.41, 5.74) is -5.37. The average molecular weight is 391 g/mol. The molecule has 0 saturated heterocycles. The zero-order valence-corrected chi connectivity index (χ0v) is 14.2. The lowest BCUT2D eigenvalue weighted by Crippen LogP contribution is -2.41. The third-order valence-corrected chi connectivity index (χ3v) is 9.40. The van der Waals surface area contributed by atoms with E-state index in [9.17, 15) is 21.6 Å². The average Bonchev–Trinajstić information content (AvgIpc) is 2.82. The van der Waals surface area contributed by atoms with Gasteiger partial charge in [0, 0.05) is 6.54 Å². The van der Waals surface area contributed by atoms with Crippen LogP contribution in [0.25, 0.3) is 0 Å². The topological polar surface area (TPSA) is 46.2 Å². The summed E-state index contributed by atoms with van der Waals surface area (Å²) in [6.07, 6.45) is 2.29. The van der Waals surface area contributed by atoms with Gasteiger partial charge >= 0.3 is 21.5 Å². The smallest absolute Gasteiger partial charge is 0.207 e. The van der Waals surface area contributed by atoms with Gasteiger partial charge in [-0.05, 0) is 42.6 Å². The summed E-state index contributed by atoms with van der Waals surface area (Å²) in [4.78, 5) is 0. The van der Waals surface area contributed by atoms with Crippen LogP contribution in [-0.4, -0.2) is 26.5 Å². The first-order chi connectivity index (χ1) is 8.92. The molecule has 0 aromatic carbocycles. The van der Waals surface area contributed by atoms with Gasteiger partial charge in [0.2, 0.25) is 0 Å². The van der Waals surface area contributed by atoms with Gasteiger partial charge in [0.1, 0.15) is 0 Å². The Labute approximate surface area is 130 Å². The predicted molar refractivity (Wildman–Crippen MR) is 74.4 cm³/mol. The van der Waals surface area contributed by atoms with Crippen LogP contribution in [0.4, 0.5) is 13.2 Å². The van der Waals surface area contributed by atoms with E-state index in [2.05, 4.69) is 0 Å². The quantitative estimate of drug-likeness (QED) is 0.590. The minimum Gasteiger partial charge on any atom is -0.207 e. The summed E-state index contributed by atoms with van der Waals surface area (Å²) in [6, 6.07) is -2.91. The summed E-state index contributed by atoms with van der Waals surface area (Å²) < 4.78 is 60.4. The summed E-state index contributed by atoms with van der Waals surface area (Å²) >= 11 is 18.0. The second kappa shape index (κ2) is 5.45. The molecule has 1 N–H and O–H groups in total. The summed E-state index contributed by atoms with van der Waals surface area (Å²) in [6.45, 7) is -0.241. The molecular weight excluding hydrogens is 378 g/mol. The van der Waals surface area contributed by atoms with Gasteiger partial charge < -0.3 is 0 Å². The maximum absolute atomic E-state index is 12.3. The standard InChI is InChI=1S/C9H13Cl3F3NO2SSi/c10-20(11,12)8-3-5-1-6(7(8)2-5)4-16-19(17,18)9(13,14)15/h5-8,16H,1-4H2. The minimum absolute atomic E-state index is 0.00935. The van der Waals surface area contributed by atoms with E-state index in [-0.39, 0.29) is 23.9 Å². The van der Waals surface area contributed by atoms with E-state index in [0.29, 0.717) is 12.3 Å². The van der Waals surface area contributed by atoms with Crippen LogP contribution < -0.4 is 4.72 Å². The highest BCUT2D eigenvalue weighted by Gasteiger charge is 2.55. The molecule has 0 spiro atoms. The molecule has 2 saturated carbocycles. The lowest BCUT2D eigenvalue weighted by molar-refractivity contribution is -0.0449. The van der Waals surface area contributed by atoms with E-state index < -0.39 is 21.5 Å². The van der Waals surface area contributed by atoms with Crippen molar-refractivity contribution in [2.24, 2.45) is 17.8 Å². The van der Waals surface area contributed by atoms with Crippen molar-refractivity contribution in [2.75, 3.05) is 6.54 Å². The molecule has 20 heavy (non-hydrogen) atoms. The van der Waals surface area contributed by atoms with Crippen LogP contribution >= 0.6 is 33.2 Å². The van der Waals surface area contributed by atoms with Gasteiger partial charge in [0.05, 0.1) is 0 Å². The number of hydrogen-bond donors (Lipinski definition) is 1. The molecule has 3 nitrogen and oxygen atoms in total. The molecule has 118 valence electrons. The van der Waals surface area contributed by atoms with E-state index in [0.717, 1.165) is 12.8 Å². The normalized spacial score (nSPS) is 34.7. The molecule has 11 heteroatoms. The minimum atomic E-state index is -5.29. The van der Waals surface area contributed by atoms with E-state index in [1.165, 1.54) is 0 Å². The predicted octanol–water partition coefficient (Wildman–Crippen LogP) is 3.50. The lowest BCUT2D eigenvalue weighted by atomic mass is 9.88. The van der Waals surface area contributed by atoms with Crippen LogP contribution in [0.2, 0.25) is 5.54 Å². The van der Waals surface area contributed by atoms with Crippen LogP contribution in [0.15, 0.2) is 0 Å². The first kappa shape index (κ1) is 17.1. The summed E-state index contributed by atoms with van der Waals surface area (Å²) in [7, 11) is -5.29. The number of fused-ring (bicyclic) bond motifs is 2. The Morgan fingerprint density at radius 2 is 1.75 bits per heavy atom. The molecule has 2 fully saturated rings. The third-order valence-electron chi connectivity index (χ3n) is 4.21. The Balaban J connectivity index is 2.00. The monoisotopic (exact) mass is 389 g/mol. The first-order valence-electron chi connectivity index (χ1n) is 6.04. The van der Waals surface area contributed by atoms with Gasteiger partial charge in [-0.25, -0.2) is 13.1 Å². The molecule has 4 atom stereocenters. The second-order valence-corrected chi connectivity index (χ2v) is 16.1. The van der Waals surface area contributed by atoms with E-state index in [4.69, 9.17) is 33.2 Å². The van der Waals surface area contributed by atoms with Crippen molar-refractivity contribution in [1.82, 2.24) is 4.72 Å². The van der Waals surface area contributed by atoms with Crippen LogP contribution in [0, 0.1) is 17.8 Å². The van der Waals surface area contributed by atoms with Gasteiger partial charge in [-0.2, -0.15) is 13.2 Å². The Morgan fingerprint density at radius 1 is 1.15 bits per heavy atom.